The van der Waals surface area contributed by atoms with Crippen LogP contribution in [0.3, 0.4) is 0 Å². The lowest BCUT2D eigenvalue weighted by atomic mass is 10.3. The fourth-order valence-electron chi connectivity index (χ4n) is 1.18. The third-order valence-electron chi connectivity index (χ3n) is 1.92. The van der Waals surface area contributed by atoms with Gasteiger partial charge in [0.1, 0.15) is 5.75 Å². The predicted octanol–water partition coefficient (Wildman–Crippen LogP) is 2.10. The van der Waals surface area contributed by atoms with Crippen molar-refractivity contribution in [3.05, 3.63) is 60.7 Å². The van der Waals surface area contributed by atoms with Crippen LogP contribution in [0.1, 0.15) is 5.82 Å². The normalized spacial score (nSPS) is 10.4. The molecule has 0 saturated carbocycles. The largest absolute Gasteiger partial charge is 0.423 e. The fourth-order valence-corrected chi connectivity index (χ4v) is 1.18. The molecule has 0 saturated heterocycles. The minimum atomic E-state index is -0.455. The number of aromatic nitrogens is 2. The average Bonchev–Trinajstić information content (AvgIpc) is 2.39. The standard InChI is InChI=1S/C13H10N2O2/c16-13(17-11-5-2-1-3-6-11)8-7-12-14-9-4-10-15-12/h1-10H. The van der Waals surface area contributed by atoms with Gasteiger partial charge in [0.05, 0.1) is 0 Å². The fraction of sp³-hybridized carbons (Fsp3) is 0. The molecule has 0 aliphatic rings. The van der Waals surface area contributed by atoms with Crippen LogP contribution in [0.2, 0.25) is 0 Å². The van der Waals surface area contributed by atoms with Crippen molar-refractivity contribution in [2.24, 2.45) is 0 Å². The summed E-state index contributed by atoms with van der Waals surface area (Å²) in [6, 6.07) is 10.6. The molecule has 4 heteroatoms. The van der Waals surface area contributed by atoms with Crippen LogP contribution in [0.5, 0.6) is 5.75 Å². The van der Waals surface area contributed by atoms with E-state index in [9.17, 15) is 4.79 Å². The third kappa shape index (κ3) is 3.53. The minimum Gasteiger partial charge on any atom is -0.423 e. The molecular weight excluding hydrogens is 216 g/mol. The van der Waals surface area contributed by atoms with Crippen molar-refractivity contribution in [3.63, 3.8) is 0 Å². The van der Waals surface area contributed by atoms with E-state index in [0.717, 1.165) is 0 Å². The number of carbonyl (C=O) groups excluding carboxylic acids is 1. The number of ether oxygens (including phenoxy) is 1. The van der Waals surface area contributed by atoms with Crippen molar-refractivity contribution in [1.82, 2.24) is 9.97 Å². The molecule has 0 aliphatic heterocycles. The van der Waals surface area contributed by atoms with E-state index in [0.29, 0.717) is 11.6 Å². The number of carbonyl (C=O) groups is 1. The number of hydrogen-bond acceptors (Lipinski definition) is 4. The van der Waals surface area contributed by atoms with Crippen LogP contribution in [0, 0.1) is 0 Å². The summed E-state index contributed by atoms with van der Waals surface area (Å²) in [5.41, 5.74) is 0. The summed E-state index contributed by atoms with van der Waals surface area (Å²) in [6.07, 6.45) is 6.01. The number of benzene rings is 1. The van der Waals surface area contributed by atoms with E-state index in [1.807, 2.05) is 6.07 Å². The molecule has 0 atom stereocenters. The molecule has 17 heavy (non-hydrogen) atoms. The predicted molar refractivity (Wildman–Crippen MR) is 63.1 cm³/mol. The van der Waals surface area contributed by atoms with Crippen molar-refractivity contribution < 1.29 is 9.53 Å². The van der Waals surface area contributed by atoms with Gasteiger partial charge >= 0.3 is 5.97 Å². The van der Waals surface area contributed by atoms with Crippen LogP contribution in [-0.2, 0) is 4.79 Å². The first-order chi connectivity index (χ1) is 8.34. The molecule has 1 heterocycles. The van der Waals surface area contributed by atoms with Gasteiger partial charge in [-0.05, 0) is 24.3 Å². The van der Waals surface area contributed by atoms with Gasteiger partial charge in [-0.25, -0.2) is 14.8 Å². The Labute approximate surface area is 98.6 Å². The molecule has 2 rings (SSSR count). The van der Waals surface area contributed by atoms with E-state index in [2.05, 4.69) is 9.97 Å². The minimum absolute atomic E-state index is 0.455. The molecule has 2 aromatic rings. The van der Waals surface area contributed by atoms with Gasteiger partial charge in [0.15, 0.2) is 5.82 Å². The highest BCUT2D eigenvalue weighted by molar-refractivity contribution is 5.88. The van der Waals surface area contributed by atoms with Crippen LogP contribution < -0.4 is 4.74 Å². The zero-order chi connectivity index (χ0) is 11.9. The van der Waals surface area contributed by atoms with Gasteiger partial charge in [-0.15, -0.1) is 0 Å². The van der Waals surface area contributed by atoms with E-state index in [1.54, 1.807) is 42.7 Å². The molecule has 0 amide bonds. The lowest BCUT2D eigenvalue weighted by Gasteiger charge is -1.99. The number of rotatable bonds is 3. The number of nitrogens with zero attached hydrogens (tertiary/aromatic N) is 2. The second-order valence-electron chi connectivity index (χ2n) is 3.17. The topological polar surface area (TPSA) is 52.1 Å². The first-order valence-corrected chi connectivity index (χ1v) is 5.06. The molecule has 0 aliphatic carbocycles. The Morgan fingerprint density at radius 1 is 1.06 bits per heavy atom. The van der Waals surface area contributed by atoms with Crippen LogP contribution in [0.25, 0.3) is 6.08 Å². The summed E-state index contributed by atoms with van der Waals surface area (Å²) in [6.45, 7) is 0. The molecule has 0 unspecified atom stereocenters. The van der Waals surface area contributed by atoms with Crippen molar-refractivity contribution in [2.75, 3.05) is 0 Å². The van der Waals surface area contributed by atoms with Gasteiger partial charge in [0, 0.05) is 18.5 Å². The second kappa shape index (κ2) is 5.55. The Morgan fingerprint density at radius 3 is 2.47 bits per heavy atom. The monoisotopic (exact) mass is 226 g/mol. The zero-order valence-electron chi connectivity index (χ0n) is 8.98. The van der Waals surface area contributed by atoms with Crippen molar-refractivity contribution >= 4 is 12.0 Å². The molecule has 1 aromatic heterocycles. The number of esters is 1. The quantitative estimate of drug-likeness (QED) is 0.457. The van der Waals surface area contributed by atoms with Gasteiger partial charge in [0.25, 0.3) is 0 Å². The van der Waals surface area contributed by atoms with E-state index in [4.69, 9.17) is 4.74 Å². The summed E-state index contributed by atoms with van der Waals surface area (Å²) in [7, 11) is 0. The van der Waals surface area contributed by atoms with Gasteiger partial charge in [-0.1, -0.05) is 18.2 Å². The van der Waals surface area contributed by atoms with Gasteiger partial charge in [0.2, 0.25) is 0 Å². The Bertz CT molecular complexity index is 509. The Morgan fingerprint density at radius 2 is 1.76 bits per heavy atom. The molecule has 0 radical (unpaired) electrons. The Balaban J connectivity index is 1.96. The van der Waals surface area contributed by atoms with Gasteiger partial charge in [-0.3, -0.25) is 0 Å². The summed E-state index contributed by atoms with van der Waals surface area (Å²) in [5.74, 6) is 0.525. The van der Waals surface area contributed by atoms with Crippen molar-refractivity contribution in [1.29, 1.82) is 0 Å². The van der Waals surface area contributed by atoms with Crippen LogP contribution in [0.15, 0.2) is 54.9 Å². The van der Waals surface area contributed by atoms with E-state index in [-0.39, 0.29) is 0 Å². The molecule has 1 aromatic carbocycles. The summed E-state index contributed by atoms with van der Waals surface area (Å²) in [5, 5.41) is 0. The van der Waals surface area contributed by atoms with E-state index >= 15 is 0 Å². The van der Waals surface area contributed by atoms with E-state index < -0.39 is 5.97 Å². The zero-order valence-corrected chi connectivity index (χ0v) is 8.98. The first kappa shape index (κ1) is 11.0. The molecule has 0 spiro atoms. The van der Waals surface area contributed by atoms with Crippen LogP contribution in [-0.4, -0.2) is 15.9 Å². The Hall–Kier alpha value is -2.49. The van der Waals surface area contributed by atoms with E-state index in [1.165, 1.54) is 12.2 Å². The number of hydrogen-bond donors (Lipinski definition) is 0. The second-order valence-corrected chi connectivity index (χ2v) is 3.17. The lowest BCUT2D eigenvalue weighted by molar-refractivity contribution is -0.128. The highest BCUT2D eigenvalue weighted by atomic mass is 16.5. The first-order valence-electron chi connectivity index (χ1n) is 5.06. The average molecular weight is 226 g/mol. The third-order valence-corrected chi connectivity index (χ3v) is 1.92. The van der Waals surface area contributed by atoms with Crippen molar-refractivity contribution in [3.8, 4) is 5.75 Å². The molecule has 84 valence electrons. The van der Waals surface area contributed by atoms with Gasteiger partial charge in [-0.2, -0.15) is 0 Å². The smallest absolute Gasteiger partial charge is 0.336 e. The highest BCUT2D eigenvalue weighted by Gasteiger charge is 1.99. The summed E-state index contributed by atoms with van der Waals surface area (Å²) < 4.78 is 5.05. The lowest BCUT2D eigenvalue weighted by Crippen LogP contribution is -2.03. The van der Waals surface area contributed by atoms with Crippen LogP contribution >= 0.6 is 0 Å². The molecular formula is C13H10N2O2. The maximum Gasteiger partial charge on any atom is 0.336 e. The molecule has 0 fully saturated rings. The Kier molecular flexibility index (Phi) is 3.60. The maximum atomic E-state index is 11.4. The van der Waals surface area contributed by atoms with Gasteiger partial charge < -0.3 is 4.74 Å². The van der Waals surface area contributed by atoms with Crippen molar-refractivity contribution in [2.45, 2.75) is 0 Å². The molecule has 0 bridgehead atoms. The number of para-hydroxylation sites is 1. The summed E-state index contributed by atoms with van der Waals surface area (Å²) in [4.78, 5) is 19.3. The summed E-state index contributed by atoms with van der Waals surface area (Å²) >= 11 is 0. The van der Waals surface area contributed by atoms with Crippen LogP contribution in [0.4, 0.5) is 0 Å². The SMILES string of the molecule is O=C(C=Cc1ncccn1)Oc1ccccc1. The molecule has 4 nitrogen and oxygen atoms in total. The molecule has 0 N–H and O–H groups in total. The maximum absolute atomic E-state index is 11.4. The highest BCUT2D eigenvalue weighted by Crippen LogP contribution is 2.08.